The predicted molar refractivity (Wildman–Crippen MR) is 155 cm³/mol. The third-order valence-corrected chi connectivity index (χ3v) is 8.87. The lowest BCUT2D eigenvalue weighted by atomic mass is 10.0. The first-order valence-corrected chi connectivity index (χ1v) is 14.9. The van der Waals surface area contributed by atoms with Gasteiger partial charge in [-0.1, -0.05) is 46.3 Å². The van der Waals surface area contributed by atoms with Crippen LogP contribution in [0.3, 0.4) is 0 Å². The summed E-state index contributed by atoms with van der Waals surface area (Å²) >= 11 is 3.48. The lowest BCUT2D eigenvalue weighted by Crippen LogP contribution is -2.50. The summed E-state index contributed by atoms with van der Waals surface area (Å²) in [4.78, 5) is 25.6. The minimum atomic E-state index is -1.48. The molecule has 2 rings (SSSR count). The molecule has 0 spiro atoms. The number of benzene rings is 2. The van der Waals surface area contributed by atoms with Crippen molar-refractivity contribution in [3.05, 3.63) is 64.1 Å². The van der Waals surface area contributed by atoms with Crippen LogP contribution in [0.25, 0.3) is 0 Å². The fourth-order valence-electron chi connectivity index (χ4n) is 4.25. The van der Waals surface area contributed by atoms with Crippen molar-refractivity contribution in [1.29, 1.82) is 0 Å². The van der Waals surface area contributed by atoms with Crippen molar-refractivity contribution in [2.45, 2.75) is 82.1 Å². The quantitative estimate of drug-likeness (QED) is 0.239. The van der Waals surface area contributed by atoms with Gasteiger partial charge in [-0.3, -0.25) is 4.79 Å². The van der Waals surface area contributed by atoms with Crippen LogP contribution in [0.2, 0.25) is 0 Å². The molecule has 0 saturated heterocycles. The van der Waals surface area contributed by atoms with E-state index in [1.165, 1.54) is 7.11 Å². The van der Waals surface area contributed by atoms with Crippen LogP contribution in [-0.4, -0.2) is 68.6 Å². The van der Waals surface area contributed by atoms with Gasteiger partial charge in [0.25, 0.3) is 0 Å². The van der Waals surface area contributed by atoms with Crippen LogP contribution in [0.15, 0.2) is 57.9 Å². The van der Waals surface area contributed by atoms with E-state index in [0.29, 0.717) is 24.2 Å². The lowest BCUT2D eigenvalue weighted by molar-refractivity contribution is -0.123. The SMILES string of the molecule is COC(=O)N[C@@H](Cc1ccccc1Br)C(=O)NC(C)CCCC(CO)N(C(C)C)S(=O)c1ccc(CO)cc1. The molecule has 0 radical (unpaired) electrons. The minimum absolute atomic E-state index is 0.0832. The number of hydrogen-bond donors (Lipinski definition) is 4. The van der Waals surface area contributed by atoms with Gasteiger partial charge in [-0.15, -0.1) is 0 Å². The molecule has 0 saturated carbocycles. The number of carbonyl (C=O) groups excluding carboxylic acids is 2. The second-order valence-corrected chi connectivity index (χ2v) is 11.9. The van der Waals surface area contributed by atoms with Gasteiger partial charge in [-0.05, 0) is 69.4 Å². The van der Waals surface area contributed by atoms with Gasteiger partial charge in [0.15, 0.2) is 0 Å². The van der Waals surface area contributed by atoms with Gasteiger partial charge < -0.3 is 25.6 Å². The largest absolute Gasteiger partial charge is 0.453 e. The first kappa shape index (κ1) is 32.9. The third kappa shape index (κ3) is 10.3. The van der Waals surface area contributed by atoms with E-state index in [2.05, 4.69) is 26.6 Å². The monoisotopic (exact) mass is 625 g/mol. The van der Waals surface area contributed by atoms with E-state index in [9.17, 15) is 24.0 Å². The minimum Gasteiger partial charge on any atom is -0.453 e. The zero-order valence-electron chi connectivity index (χ0n) is 22.9. The van der Waals surface area contributed by atoms with E-state index in [-0.39, 0.29) is 43.7 Å². The van der Waals surface area contributed by atoms with Crippen molar-refractivity contribution in [2.75, 3.05) is 13.7 Å². The van der Waals surface area contributed by atoms with E-state index < -0.39 is 23.1 Å². The normalized spacial score (nSPS) is 14.5. The molecule has 11 heteroatoms. The summed E-state index contributed by atoms with van der Waals surface area (Å²) in [7, 11) is -0.233. The van der Waals surface area contributed by atoms with E-state index in [0.717, 1.165) is 15.6 Å². The molecule has 0 bridgehead atoms. The second-order valence-electron chi connectivity index (χ2n) is 9.67. The molecule has 4 atom stereocenters. The van der Waals surface area contributed by atoms with Crippen LogP contribution in [0.4, 0.5) is 4.79 Å². The molecular formula is C28H40BrN3O6S. The zero-order valence-corrected chi connectivity index (χ0v) is 25.3. The maximum atomic E-state index is 13.3. The Kier molecular flexibility index (Phi) is 14.1. The Labute approximate surface area is 242 Å². The van der Waals surface area contributed by atoms with Crippen molar-refractivity contribution >= 4 is 38.9 Å². The molecule has 9 nitrogen and oxygen atoms in total. The van der Waals surface area contributed by atoms with E-state index in [1.807, 2.05) is 45.0 Å². The molecule has 0 heterocycles. The summed E-state index contributed by atoms with van der Waals surface area (Å²) in [5.41, 5.74) is 1.61. The van der Waals surface area contributed by atoms with Crippen LogP contribution < -0.4 is 10.6 Å². The number of nitrogens with one attached hydrogen (secondary N) is 2. The second kappa shape index (κ2) is 16.7. The number of carbonyl (C=O) groups is 2. The Morgan fingerprint density at radius 3 is 2.26 bits per heavy atom. The summed E-state index contributed by atoms with van der Waals surface area (Å²) in [5, 5.41) is 25.0. The van der Waals surface area contributed by atoms with Crippen molar-refractivity contribution in [1.82, 2.24) is 14.9 Å². The zero-order chi connectivity index (χ0) is 28.9. The highest BCUT2D eigenvalue weighted by Gasteiger charge is 2.28. The molecule has 0 aliphatic carbocycles. The number of alkyl carbamates (subject to hydrolysis) is 1. The molecule has 3 unspecified atom stereocenters. The number of nitrogens with zero attached hydrogens (tertiary/aromatic N) is 1. The average Bonchev–Trinajstić information content (AvgIpc) is 2.92. The average molecular weight is 627 g/mol. The Hall–Kier alpha value is -2.31. The molecule has 0 aliphatic rings. The van der Waals surface area contributed by atoms with Crippen LogP contribution >= 0.6 is 15.9 Å². The molecule has 0 aliphatic heterocycles. The van der Waals surface area contributed by atoms with Crippen LogP contribution in [-0.2, 0) is 33.5 Å². The molecule has 2 amide bonds. The maximum absolute atomic E-state index is 13.3. The van der Waals surface area contributed by atoms with E-state index in [4.69, 9.17) is 4.74 Å². The highest BCUT2D eigenvalue weighted by atomic mass is 79.9. The number of halogens is 1. The number of aliphatic hydroxyl groups is 2. The molecule has 216 valence electrons. The number of methoxy groups -OCH3 is 1. The standard InChI is InChI=1S/C28H40BrN3O6S/c1-19(2)32(39(37)24-14-12-21(17-33)13-15-24)23(18-34)10-7-8-20(3)30-27(35)26(31-28(36)38-4)16-22-9-5-6-11-25(22)29/h5-6,9,11-15,19-20,23,26,33-34H,7-8,10,16-18H2,1-4H3,(H,30,35)(H,31,36)/t20?,23?,26-,39?/m0/s1. The van der Waals surface area contributed by atoms with E-state index >= 15 is 0 Å². The van der Waals surface area contributed by atoms with Gasteiger partial charge in [0.1, 0.15) is 17.0 Å². The topological polar surface area (TPSA) is 128 Å². The Balaban J connectivity index is 1.99. The Bertz CT molecular complexity index is 1090. The highest BCUT2D eigenvalue weighted by Crippen LogP contribution is 2.22. The molecule has 0 fully saturated rings. The Morgan fingerprint density at radius 1 is 1.03 bits per heavy atom. The van der Waals surface area contributed by atoms with Crippen molar-refractivity contribution in [3.63, 3.8) is 0 Å². The fraction of sp³-hybridized carbons (Fsp3) is 0.500. The van der Waals surface area contributed by atoms with Crippen molar-refractivity contribution < 1.29 is 28.7 Å². The summed E-state index contributed by atoms with van der Waals surface area (Å²) in [6.45, 7) is 5.52. The van der Waals surface area contributed by atoms with Gasteiger partial charge in [-0.25, -0.2) is 13.3 Å². The van der Waals surface area contributed by atoms with Gasteiger partial charge in [0.2, 0.25) is 5.91 Å². The first-order valence-electron chi connectivity index (χ1n) is 13.0. The number of hydrogen-bond acceptors (Lipinski definition) is 6. The number of aliphatic hydroxyl groups excluding tert-OH is 2. The Morgan fingerprint density at radius 2 is 1.69 bits per heavy atom. The molecule has 39 heavy (non-hydrogen) atoms. The maximum Gasteiger partial charge on any atom is 0.407 e. The van der Waals surface area contributed by atoms with Crippen molar-refractivity contribution in [2.24, 2.45) is 0 Å². The number of rotatable bonds is 15. The van der Waals surface area contributed by atoms with Crippen LogP contribution in [0.1, 0.15) is 51.2 Å². The number of amides is 2. The predicted octanol–water partition coefficient (Wildman–Crippen LogP) is 3.68. The summed E-state index contributed by atoms with van der Waals surface area (Å²) < 4.78 is 20.7. The molecule has 2 aromatic carbocycles. The summed E-state index contributed by atoms with van der Waals surface area (Å²) in [6.07, 6.45) is 1.49. The van der Waals surface area contributed by atoms with E-state index in [1.54, 1.807) is 28.6 Å². The lowest BCUT2D eigenvalue weighted by Gasteiger charge is -2.32. The molecule has 0 aromatic heterocycles. The first-order chi connectivity index (χ1) is 18.6. The van der Waals surface area contributed by atoms with Gasteiger partial charge in [0.05, 0.1) is 25.2 Å². The third-order valence-electron chi connectivity index (χ3n) is 6.32. The van der Waals surface area contributed by atoms with Crippen LogP contribution in [0, 0.1) is 0 Å². The molecule has 4 N–H and O–H groups in total. The summed E-state index contributed by atoms with van der Waals surface area (Å²) in [5.74, 6) is -0.321. The summed E-state index contributed by atoms with van der Waals surface area (Å²) in [6, 6.07) is 13.0. The molecule has 2 aromatic rings. The number of ether oxygens (including phenoxy) is 1. The van der Waals surface area contributed by atoms with Crippen LogP contribution in [0.5, 0.6) is 0 Å². The van der Waals surface area contributed by atoms with Gasteiger partial charge in [-0.2, -0.15) is 0 Å². The van der Waals surface area contributed by atoms with Crippen molar-refractivity contribution in [3.8, 4) is 0 Å². The fourth-order valence-corrected chi connectivity index (χ4v) is 6.13. The van der Waals surface area contributed by atoms with Gasteiger partial charge >= 0.3 is 6.09 Å². The smallest absolute Gasteiger partial charge is 0.407 e. The molecular weight excluding hydrogens is 586 g/mol. The highest BCUT2D eigenvalue weighted by molar-refractivity contribution is 9.10. The van der Waals surface area contributed by atoms with Gasteiger partial charge in [0, 0.05) is 29.0 Å².